The minimum Gasteiger partial charge on any atom is -0.454 e. The molecule has 0 saturated carbocycles. The van der Waals surface area contributed by atoms with Gasteiger partial charge in [0, 0.05) is 36.2 Å². The number of rotatable bonds is 6. The van der Waals surface area contributed by atoms with Crippen LogP contribution in [0.4, 0.5) is 4.39 Å². The van der Waals surface area contributed by atoms with Gasteiger partial charge in [-0.15, -0.1) is 0 Å². The molecule has 2 aromatic carbocycles. The van der Waals surface area contributed by atoms with Gasteiger partial charge >= 0.3 is 5.97 Å². The second kappa shape index (κ2) is 9.20. The van der Waals surface area contributed by atoms with Crippen LogP contribution in [0.1, 0.15) is 53.0 Å². The summed E-state index contributed by atoms with van der Waals surface area (Å²) in [7, 11) is 0. The molecular formula is C25H29FN2O3. The Kier molecular flexibility index (Phi) is 6.39. The molecule has 1 atom stereocenters. The van der Waals surface area contributed by atoms with E-state index < -0.39 is 6.10 Å². The number of ether oxygens (including phenoxy) is 1. The van der Waals surface area contributed by atoms with Gasteiger partial charge in [0.2, 0.25) is 0 Å². The largest absolute Gasteiger partial charge is 0.454 e. The number of aliphatic hydroxyl groups is 1. The standard InChI is InChI=1S/C25H29FN2O3/c1-16-24(25(30)31-17(2)19-4-6-20(26)7-5-19)22-15-18(3-8-23(22)27-16)9-12-28-13-10-21(29)11-14-28/h3-8,15,17,21,27,29H,9-14H2,1-2H3. The number of aryl methyl sites for hydroxylation is 1. The first kappa shape index (κ1) is 21.5. The monoisotopic (exact) mass is 424 g/mol. The Labute approximate surface area is 181 Å². The van der Waals surface area contributed by atoms with Gasteiger partial charge in [-0.1, -0.05) is 18.2 Å². The van der Waals surface area contributed by atoms with Crippen LogP contribution in [0, 0.1) is 12.7 Å². The number of nitrogens with one attached hydrogen (secondary N) is 1. The molecule has 5 nitrogen and oxygen atoms in total. The number of likely N-dealkylation sites (tertiary alicyclic amines) is 1. The van der Waals surface area contributed by atoms with Crippen LogP contribution in [0.3, 0.4) is 0 Å². The molecule has 1 fully saturated rings. The fraction of sp³-hybridized carbons (Fsp3) is 0.400. The lowest BCUT2D eigenvalue weighted by molar-refractivity contribution is 0.0339. The smallest absolute Gasteiger partial charge is 0.341 e. The summed E-state index contributed by atoms with van der Waals surface area (Å²) in [5.41, 5.74) is 4.14. The van der Waals surface area contributed by atoms with E-state index in [0.29, 0.717) is 5.56 Å². The van der Waals surface area contributed by atoms with Gasteiger partial charge in [-0.05, 0) is 68.5 Å². The first-order valence-corrected chi connectivity index (χ1v) is 10.9. The van der Waals surface area contributed by atoms with Gasteiger partial charge in [-0.2, -0.15) is 0 Å². The molecule has 0 radical (unpaired) electrons. The van der Waals surface area contributed by atoms with Crippen molar-refractivity contribution in [3.8, 4) is 0 Å². The Bertz CT molecular complexity index is 1050. The Balaban J connectivity index is 1.49. The van der Waals surface area contributed by atoms with Gasteiger partial charge in [0.15, 0.2) is 0 Å². The molecule has 4 rings (SSSR count). The number of aromatic nitrogens is 1. The number of H-pyrrole nitrogens is 1. The van der Waals surface area contributed by atoms with Crippen LogP contribution < -0.4 is 0 Å². The fourth-order valence-corrected chi connectivity index (χ4v) is 4.24. The zero-order valence-corrected chi connectivity index (χ0v) is 18.0. The summed E-state index contributed by atoms with van der Waals surface area (Å²) in [5.74, 6) is -0.703. The zero-order chi connectivity index (χ0) is 22.0. The molecule has 1 unspecified atom stereocenters. The van der Waals surface area contributed by atoms with Crippen LogP contribution in [-0.2, 0) is 11.2 Å². The molecule has 0 aliphatic carbocycles. The number of esters is 1. The minimum absolute atomic E-state index is 0.165. The molecule has 6 heteroatoms. The average molecular weight is 425 g/mol. The van der Waals surface area contributed by atoms with E-state index in [1.54, 1.807) is 19.1 Å². The van der Waals surface area contributed by atoms with E-state index in [4.69, 9.17) is 4.74 Å². The summed E-state index contributed by atoms with van der Waals surface area (Å²) < 4.78 is 18.9. The molecule has 0 spiro atoms. The molecule has 3 aromatic rings. The second-order valence-corrected chi connectivity index (χ2v) is 8.43. The number of benzene rings is 2. The fourth-order valence-electron chi connectivity index (χ4n) is 4.24. The minimum atomic E-state index is -0.477. The van der Waals surface area contributed by atoms with Gasteiger partial charge in [0.05, 0.1) is 11.7 Å². The summed E-state index contributed by atoms with van der Waals surface area (Å²) in [6, 6.07) is 12.2. The van der Waals surface area contributed by atoms with Gasteiger partial charge in [0.1, 0.15) is 11.9 Å². The summed E-state index contributed by atoms with van der Waals surface area (Å²) in [4.78, 5) is 18.6. The van der Waals surface area contributed by atoms with E-state index in [0.717, 1.165) is 61.1 Å². The summed E-state index contributed by atoms with van der Waals surface area (Å²) >= 11 is 0. The van der Waals surface area contributed by atoms with Crippen molar-refractivity contribution in [2.75, 3.05) is 19.6 Å². The predicted octanol–water partition coefficient (Wildman–Crippen LogP) is 4.53. The summed E-state index contributed by atoms with van der Waals surface area (Å²) in [6.07, 6.45) is 1.91. The van der Waals surface area contributed by atoms with E-state index in [2.05, 4.69) is 22.0 Å². The highest BCUT2D eigenvalue weighted by molar-refractivity contribution is 6.05. The number of nitrogens with zero attached hydrogens (tertiary/aromatic N) is 1. The molecule has 1 aliphatic heterocycles. The highest BCUT2D eigenvalue weighted by Crippen LogP contribution is 2.27. The van der Waals surface area contributed by atoms with Crippen molar-refractivity contribution in [3.63, 3.8) is 0 Å². The lowest BCUT2D eigenvalue weighted by atomic mass is 10.0. The quantitative estimate of drug-likeness (QED) is 0.571. The van der Waals surface area contributed by atoms with Crippen LogP contribution >= 0.6 is 0 Å². The molecular weight excluding hydrogens is 395 g/mol. The zero-order valence-electron chi connectivity index (χ0n) is 18.0. The third kappa shape index (κ3) is 4.97. The molecule has 0 bridgehead atoms. The average Bonchev–Trinajstić information content (AvgIpc) is 3.08. The maximum Gasteiger partial charge on any atom is 0.341 e. The van der Waals surface area contributed by atoms with Crippen molar-refractivity contribution >= 4 is 16.9 Å². The van der Waals surface area contributed by atoms with Crippen LogP contribution in [0.25, 0.3) is 10.9 Å². The van der Waals surface area contributed by atoms with Crippen LogP contribution in [0.5, 0.6) is 0 Å². The first-order valence-electron chi connectivity index (χ1n) is 10.9. The Morgan fingerprint density at radius 1 is 1.23 bits per heavy atom. The van der Waals surface area contributed by atoms with Crippen molar-refractivity contribution < 1.29 is 19.0 Å². The lowest BCUT2D eigenvalue weighted by Crippen LogP contribution is -2.37. The normalized spacial score (nSPS) is 16.5. The predicted molar refractivity (Wildman–Crippen MR) is 119 cm³/mol. The molecule has 2 heterocycles. The van der Waals surface area contributed by atoms with Crippen molar-refractivity contribution in [2.45, 2.75) is 45.3 Å². The number of fused-ring (bicyclic) bond motifs is 1. The number of piperidine rings is 1. The number of aromatic amines is 1. The number of hydrogen-bond acceptors (Lipinski definition) is 4. The lowest BCUT2D eigenvalue weighted by Gasteiger charge is -2.29. The maximum atomic E-state index is 13.2. The third-order valence-electron chi connectivity index (χ3n) is 6.15. The highest BCUT2D eigenvalue weighted by atomic mass is 19.1. The molecule has 0 amide bonds. The Hall–Kier alpha value is -2.70. The van der Waals surface area contributed by atoms with Crippen molar-refractivity contribution in [1.82, 2.24) is 9.88 Å². The molecule has 1 saturated heterocycles. The third-order valence-corrected chi connectivity index (χ3v) is 6.15. The van der Waals surface area contributed by atoms with Crippen molar-refractivity contribution in [2.24, 2.45) is 0 Å². The topological polar surface area (TPSA) is 65.6 Å². The molecule has 164 valence electrons. The number of hydrogen-bond donors (Lipinski definition) is 2. The second-order valence-electron chi connectivity index (χ2n) is 8.43. The number of carbonyl (C=O) groups excluding carboxylic acids is 1. The van der Waals surface area contributed by atoms with E-state index >= 15 is 0 Å². The van der Waals surface area contributed by atoms with Gasteiger partial charge in [0.25, 0.3) is 0 Å². The first-order chi connectivity index (χ1) is 14.9. The number of carbonyl (C=O) groups is 1. The van der Waals surface area contributed by atoms with E-state index in [9.17, 15) is 14.3 Å². The maximum absolute atomic E-state index is 13.2. The number of halogens is 1. The summed E-state index contributed by atoms with van der Waals surface area (Å²) in [6.45, 7) is 6.44. The van der Waals surface area contributed by atoms with Crippen molar-refractivity contribution in [1.29, 1.82) is 0 Å². The van der Waals surface area contributed by atoms with Gasteiger partial charge in [-0.3, -0.25) is 0 Å². The molecule has 1 aliphatic rings. The van der Waals surface area contributed by atoms with Crippen LogP contribution in [0.2, 0.25) is 0 Å². The van der Waals surface area contributed by atoms with Crippen LogP contribution in [0.15, 0.2) is 42.5 Å². The Morgan fingerprint density at radius 2 is 1.94 bits per heavy atom. The molecule has 1 aromatic heterocycles. The number of aliphatic hydroxyl groups excluding tert-OH is 1. The van der Waals surface area contributed by atoms with E-state index in [-0.39, 0.29) is 17.9 Å². The SMILES string of the molecule is Cc1[nH]c2ccc(CCN3CCC(O)CC3)cc2c1C(=O)OC(C)c1ccc(F)cc1. The molecule has 2 N–H and O–H groups in total. The molecule has 31 heavy (non-hydrogen) atoms. The highest BCUT2D eigenvalue weighted by Gasteiger charge is 2.21. The summed E-state index contributed by atoms with van der Waals surface area (Å²) in [5, 5.41) is 10.5. The van der Waals surface area contributed by atoms with E-state index in [1.165, 1.54) is 17.7 Å². The van der Waals surface area contributed by atoms with E-state index in [1.807, 2.05) is 13.0 Å². The Morgan fingerprint density at radius 3 is 2.65 bits per heavy atom. The van der Waals surface area contributed by atoms with Gasteiger partial charge in [-0.25, -0.2) is 9.18 Å². The van der Waals surface area contributed by atoms with Gasteiger partial charge < -0.3 is 19.7 Å². The van der Waals surface area contributed by atoms with Crippen LogP contribution in [-0.4, -0.2) is 46.7 Å². The van der Waals surface area contributed by atoms with Crippen molar-refractivity contribution in [3.05, 3.63) is 70.7 Å².